The van der Waals surface area contributed by atoms with Gasteiger partial charge in [0.2, 0.25) is 0 Å². The van der Waals surface area contributed by atoms with Crippen LogP contribution >= 0.6 is 11.6 Å². The first-order valence-corrected chi connectivity index (χ1v) is 4.99. The highest BCUT2D eigenvalue weighted by atomic mass is 35.5. The summed E-state index contributed by atoms with van der Waals surface area (Å²) in [4.78, 5) is 14.4. The van der Waals surface area contributed by atoms with E-state index in [1.807, 2.05) is 0 Å². The molecule has 0 N–H and O–H groups in total. The van der Waals surface area contributed by atoms with Gasteiger partial charge in [0.05, 0.1) is 11.2 Å². The molecule has 0 unspecified atom stereocenters. The molecule has 1 heterocycles. The van der Waals surface area contributed by atoms with Gasteiger partial charge < -0.3 is 4.74 Å². The van der Waals surface area contributed by atoms with Crippen molar-refractivity contribution in [2.24, 2.45) is 0 Å². The first-order valence-electron chi connectivity index (χ1n) is 4.61. The molecule has 0 bridgehead atoms. The van der Waals surface area contributed by atoms with E-state index in [1.54, 1.807) is 36.5 Å². The van der Waals surface area contributed by atoms with Gasteiger partial charge in [-0.15, -0.1) is 0 Å². The van der Waals surface area contributed by atoms with E-state index in [-0.39, 0.29) is 0 Å². The van der Waals surface area contributed by atoms with Crippen LogP contribution in [0.4, 0.5) is 0 Å². The molecule has 0 saturated carbocycles. The summed E-state index contributed by atoms with van der Waals surface area (Å²) < 4.78 is 5.50. The van der Waals surface area contributed by atoms with Crippen molar-refractivity contribution < 1.29 is 9.53 Å². The zero-order valence-electron chi connectivity index (χ0n) is 8.26. The van der Waals surface area contributed by atoms with Crippen LogP contribution < -0.4 is 4.74 Å². The minimum atomic E-state index is 0.516. The highest BCUT2D eigenvalue weighted by molar-refractivity contribution is 6.30. The Labute approximate surface area is 97.7 Å². The van der Waals surface area contributed by atoms with Gasteiger partial charge in [0.25, 0.3) is 0 Å². The predicted octanol–water partition coefficient (Wildman–Crippen LogP) is 3.34. The summed E-state index contributed by atoms with van der Waals surface area (Å²) in [6, 6.07) is 8.46. The number of halogens is 1. The van der Waals surface area contributed by atoms with Crippen molar-refractivity contribution in [1.29, 1.82) is 0 Å². The van der Waals surface area contributed by atoms with Crippen molar-refractivity contribution in [1.82, 2.24) is 4.98 Å². The molecule has 0 fully saturated rings. The number of hydrogen-bond donors (Lipinski definition) is 0. The maximum atomic E-state index is 10.5. The van der Waals surface area contributed by atoms with Crippen LogP contribution in [-0.2, 0) is 0 Å². The van der Waals surface area contributed by atoms with Gasteiger partial charge >= 0.3 is 0 Å². The number of benzene rings is 1. The summed E-state index contributed by atoms with van der Waals surface area (Å²) in [6.45, 7) is 0. The number of aldehydes is 1. The van der Waals surface area contributed by atoms with Crippen molar-refractivity contribution in [3.8, 4) is 11.5 Å². The smallest absolute Gasteiger partial charge is 0.150 e. The second kappa shape index (κ2) is 4.77. The molecule has 0 saturated heterocycles. The van der Waals surface area contributed by atoms with Gasteiger partial charge in [-0.2, -0.15) is 0 Å². The average Bonchev–Trinajstić information content (AvgIpc) is 2.30. The topological polar surface area (TPSA) is 39.2 Å². The quantitative estimate of drug-likeness (QED) is 0.764. The molecule has 16 heavy (non-hydrogen) atoms. The molecule has 0 amide bonds. The van der Waals surface area contributed by atoms with Crippen LogP contribution in [0.15, 0.2) is 42.7 Å². The zero-order chi connectivity index (χ0) is 11.4. The lowest BCUT2D eigenvalue weighted by molar-refractivity contribution is 0.112. The van der Waals surface area contributed by atoms with E-state index in [0.29, 0.717) is 22.1 Å². The van der Waals surface area contributed by atoms with E-state index in [4.69, 9.17) is 16.3 Å². The van der Waals surface area contributed by atoms with E-state index >= 15 is 0 Å². The van der Waals surface area contributed by atoms with Crippen molar-refractivity contribution in [3.63, 3.8) is 0 Å². The van der Waals surface area contributed by atoms with E-state index in [1.165, 1.54) is 6.20 Å². The van der Waals surface area contributed by atoms with Crippen molar-refractivity contribution in [2.75, 3.05) is 0 Å². The molecule has 3 nitrogen and oxygen atoms in total. The molecule has 2 aromatic rings. The SMILES string of the molecule is O=Cc1ccc(Oc2cncc(Cl)c2)cc1. The first kappa shape index (κ1) is 10.6. The third kappa shape index (κ3) is 2.58. The van der Waals surface area contributed by atoms with Gasteiger partial charge in [0.15, 0.2) is 0 Å². The molecule has 80 valence electrons. The Bertz CT molecular complexity index is 497. The minimum absolute atomic E-state index is 0.516. The number of carbonyl (C=O) groups is 1. The summed E-state index contributed by atoms with van der Waals surface area (Å²) >= 11 is 5.77. The summed E-state index contributed by atoms with van der Waals surface area (Å²) in [6.07, 6.45) is 3.88. The minimum Gasteiger partial charge on any atom is -0.456 e. The third-order valence-corrected chi connectivity index (χ3v) is 2.14. The van der Waals surface area contributed by atoms with Crippen LogP contribution in [0, 0.1) is 0 Å². The van der Waals surface area contributed by atoms with Crippen LogP contribution in [0.3, 0.4) is 0 Å². The summed E-state index contributed by atoms with van der Waals surface area (Å²) in [5.74, 6) is 1.20. The van der Waals surface area contributed by atoms with Crippen LogP contribution in [0.2, 0.25) is 5.02 Å². The molecule has 1 aromatic carbocycles. The molecule has 2 rings (SSSR count). The van der Waals surface area contributed by atoms with Crippen LogP contribution in [0.5, 0.6) is 11.5 Å². The molecule has 0 atom stereocenters. The summed E-state index contributed by atoms with van der Waals surface area (Å²) in [7, 11) is 0. The molecular weight excluding hydrogens is 226 g/mol. The predicted molar refractivity (Wildman–Crippen MR) is 61.2 cm³/mol. The lowest BCUT2D eigenvalue weighted by atomic mass is 10.2. The number of ether oxygens (including phenoxy) is 1. The molecule has 0 aliphatic heterocycles. The molecule has 0 radical (unpaired) electrons. The number of aromatic nitrogens is 1. The number of pyridine rings is 1. The maximum Gasteiger partial charge on any atom is 0.150 e. The number of rotatable bonds is 3. The van der Waals surface area contributed by atoms with Gasteiger partial charge in [-0.25, -0.2) is 0 Å². The average molecular weight is 234 g/mol. The zero-order valence-corrected chi connectivity index (χ0v) is 9.02. The molecule has 0 aliphatic rings. The monoisotopic (exact) mass is 233 g/mol. The molecular formula is C12H8ClNO2. The highest BCUT2D eigenvalue weighted by Gasteiger charge is 1.98. The van der Waals surface area contributed by atoms with Gasteiger partial charge in [0, 0.05) is 17.8 Å². The van der Waals surface area contributed by atoms with Gasteiger partial charge in [-0.3, -0.25) is 9.78 Å². The Kier molecular flexibility index (Phi) is 3.17. The standard InChI is InChI=1S/C12H8ClNO2/c13-10-5-12(7-14-6-10)16-11-3-1-9(8-15)2-4-11/h1-8H. The van der Waals surface area contributed by atoms with E-state index in [9.17, 15) is 4.79 Å². The van der Waals surface area contributed by atoms with Crippen molar-refractivity contribution in [3.05, 3.63) is 53.3 Å². The molecule has 0 spiro atoms. The van der Waals surface area contributed by atoms with Crippen LogP contribution in [0.25, 0.3) is 0 Å². The van der Waals surface area contributed by atoms with Gasteiger partial charge in [-0.1, -0.05) is 11.6 Å². The van der Waals surface area contributed by atoms with E-state index in [0.717, 1.165) is 6.29 Å². The summed E-state index contributed by atoms with van der Waals surface area (Å²) in [5.41, 5.74) is 0.608. The lowest BCUT2D eigenvalue weighted by Crippen LogP contribution is -1.86. The van der Waals surface area contributed by atoms with Crippen molar-refractivity contribution in [2.45, 2.75) is 0 Å². The first-order chi connectivity index (χ1) is 7.78. The fourth-order valence-corrected chi connectivity index (χ4v) is 1.36. The largest absolute Gasteiger partial charge is 0.456 e. The van der Waals surface area contributed by atoms with E-state index < -0.39 is 0 Å². The van der Waals surface area contributed by atoms with Crippen LogP contribution in [0.1, 0.15) is 10.4 Å². The third-order valence-electron chi connectivity index (χ3n) is 1.93. The Morgan fingerprint density at radius 3 is 2.50 bits per heavy atom. The Morgan fingerprint density at radius 1 is 1.12 bits per heavy atom. The second-order valence-electron chi connectivity index (χ2n) is 3.13. The fourth-order valence-electron chi connectivity index (χ4n) is 1.20. The Balaban J connectivity index is 2.17. The Hall–Kier alpha value is -1.87. The maximum absolute atomic E-state index is 10.5. The second-order valence-corrected chi connectivity index (χ2v) is 3.56. The number of carbonyl (C=O) groups excluding carboxylic acids is 1. The highest BCUT2D eigenvalue weighted by Crippen LogP contribution is 2.22. The molecule has 4 heteroatoms. The van der Waals surface area contributed by atoms with E-state index in [2.05, 4.69) is 4.98 Å². The molecule has 1 aromatic heterocycles. The van der Waals surface area contributed by atoms with Crippen molar-refractivity contribution >= 4 is 17.9 Å². The lowest BCUT2D eigenvalue weighted by Gasteiger charge is -2.04. The van der Waals surface area contributed by atoms with Gasteiger partial charge in [-0.05, 0) is 24.3 Å². The van der Waals surface area contributed by atoms with Crippen LogP contribution in [-0.4, -0.2) is 11.3 Å². The summed E-state index contributed by atoms with van der Waals surface area (Å²) in [5, 5.41) is 0.516. The molecule has 0 aliphatic carbocycles. The normalized spacial score (nSPS) is 9.81. The fraction of sp³-hybridized carbons (Fsp3) is 0. The van der Waals surface area contributed by atoms with Gasteiger partial charge in [0.1, 0.15) is 17.8 Å². The number of nitrogens with zero attached hydrogens (tertiary/aromatic N) is 1. The Morgan fingerprint density at radius 2 is 1.88 bits per heavy atom. The number of hydrogen-bond acceptors (Lipinski definition) is 3.